The van der Waals surface area contributed by atoms with Crippen molar-refractivity contribution in [2.45, 2.75) is 26.0 Å². The van der Waals surface area contributed by atoms with Gasteiger partial charge in [-0.15, -0.1) is 0 Å². The Bertz CT molecular complexity index is 306. The summed E-state index contributed by atoms with van der Waals surface area (Å²) in [6, 6.07) is 1.54. The molecule has 0 saturated carbocycles. The summed E-state index contributed by atoms with van der Waals surface area (Å²) in [6.07, 6.45) is 2.73. The first-order chi connectivity index (χ1) is 7.20. The molecule has 0 bridgehead atoms. The summed E-state index contributed by atoms with van der Waals surface area (Å²) in [7, 11) is 1.62. The number of halogens is 1. The topological polar surface area (TPSA) is 34.2 Å². The summed E-state index contributed by atoms with van der Waals surface area (Å²) in [5, 5.41) is 3.20. The average Bonchev–Trinajstić information content (AvgIpc) is 2.26. The van der Waals surface area contributed by atoms with E-state index in [1.54, 1.807) is 19.4 Å². The summed E-state index contributed by atoms with van der Waals surface area (Å²) in [5.41, 5.74) is 0.598. The lowest BCUT2D eigenvalue weighted by Gasteiger charge is -2.24. The first-order valence-electron chi connectivity index (χ1n) is 5.06. The number of rotatable bonds is 5. The van der Waals surface area contributed by atoms with Crippen LogP contribution in [0.15, 0.2) is 18.5 Å². The van der Waals surface area contributed by atoms with Gasteiger partial charge in [0, 0.05) is 18.9 Å². The second-order valence-corrected chi connectivity index (χ2v) is 3.37. The Balaban J connectivity index is 2.93. The van der Waals surface area contributed by atoms with Gasteiger partial charge in [0.15, 0.2) is 0 Å². The van der Waals surface area contributed by atoms with Gasteiger partial charge in [0.1, 0.15) is 5.82 Å². The molecule has 0 aliphatic rings. The van der Waals surface area contributed by atoms with Gasteiger partial charge in [-0.3, -0.25) is 4.98 Å². The van der Waals surface area contributed by atoms with Crippen LogP contribution in [0.2, 0.25) is 0 Å². The van der Waals surface area contributed by atoms with E-state index in [2.05, 4.69) is 10.3 Å². The van der Waals surface area contributed by atoms with Crippen molar-refractivity contribution in [3.8, 4) is 0 Å². The average molecular weight is 212 g/mol. The third kappa shape index (κ3) is 2.97. The molecule has 4 heteroatoms. The number of nitrogens with zero attached hydrogens (tertiary/aromatic N) is 1. The molecule has 1 N–H and O–H groups in total. The van der Waals surface area contributed by atoms with Crippen LogP contribution in [0.1, 0.15) is 25.5 Å². The van der Waals surface area contributed by atoms with Gasteiger partial charge >= 0.3 is 0 Å². The molecule has 0 aromatic carbocycles. The Morgan fingerprint density at radius 3 is 2.87 bits per heavy atom. The highest BCUT2D eigenvalue weighted by Crippen LogP contribution is 2.20. The van der Waals surface area contributed by atoms with Crippen LogP contribution in [0.4, 0.5) is 4.39 Å². The van der Waals surface area contributed by atoms with Crippen LogP contribution in [0.3, 0.4) is 0 Å². The highest BCUT2D eigenvalue weighted by Gasteiger charge is 2.20. The molecule has 1 heterocycles. The maximum absolute atomic E-state index is 13.5. The largest absolute Gasteiger partial charge is 0.380 e. The molecule has 0 fully saturated rings. The molecule has 0 aliphatic carbocycles. The highest BCUT2D eigenvalue weighted by atomic mass is 19.1. The molecule has 0 amide bonds. The van der Waals surface area contributed by atoms with Crippen LogP contribution in [-0.4, -0.2) is 24.7 Å². The molecule has 1 rings (SSSR count). The number of hydrogen-bond acceptors (Lipinski definition) is 3. The predicted molar refractivity (Wildman–Crippen MR) is 57.1 cm³/mol. The summed E-state index contributed by atoms with van der Waals surface area (Å²) < 4.78 is 18.7. The van der Waals surface area contributed by atoms with Crippen molar-refractivity contribution in [3.05, 3.63) is 29.8 Å². The second kappa shape index (κ2) is 5.78. The molecule has 1 aromatic heterocycles. The van der Waals surface area contributed by atoms with E-state index >= 15 is 0 Å². The first kappa shape index (κ1) is 12.1. The molecule has 0 radical (unpaired) electrons. The number of methoxy groups -OCH3 is 1. The van der Waals surface area contributed by atoms with Gasteiger partial charge < -0.3 is 10.1 Å². The van der Waals surface area contributed by atoms with Gasteiger partial charge in [-0.25, -0.2) is 4.39 Å². The highest BCUT2D eigenvalue weighted by molar-refractivity contribution is 5.18. The Hall–Kier alpha value is -1.00. The maximum atomic E-state index is 13.5. The van der Waals surface area contributed by atoms with Gasteiger partial charge in [-0.2, -0.15) is 0 Å². The molecule has 2 unspecified atom stereocenters. The lowest BCUT2D eigenvalue weighted by atomic mass is 10.0. The van der Waals surface area contributed by atoms with Crippen LogP contribution in [0.5, 0.6) is 0 Å². The fourth-order valence-corrected chi connectivity index (χ4v) is 1.52. The number of nitrogens with one attached hydrogen (secondary N) is 1. The zero-order valence-corrected chi connectivity index (χ0v) is 9.33. The van der Waals surface area contributed by atoms with Crippen molar-refractivity contribution >= 4 is 0 Å². The molecule has 0 saturated heterocycles. The molecule has 15 heavy (non-hydrogen) atoms. The molecule has 0 spiro atoms. The second-order valence-electron chi connectivity index (χ2n) is 3.37. The Kier molecular flexibility index (Phi) is 4.65. The smallest absolute Gasteiger partial charge is 0.146 e. The molecule has 2 atom stereocenters. The van der Waals surface area contributed by atoms with Gasteiger partial charge in [0.05, 0.1) is 18.3 Å². The summed E-state index contributed by atoms with van der Waals surface area (Å²) >= 11 is 0. The number of likely N-dealkylation sites (N-methyl/N-ethyl adjacent to an activating group) is 1. The molecule has 84 valence electrons. The monoisotopic (exact) mass is 212 g/mol. The molecular weight excluding hydrogens is 195 g/mol. The number of aromatic nitrogens is 1. The minimum Gasteiger partial charge on any atom is -0.380 e. The number of hydrogen-bond donors (Lipinski definition) is 1. The van der Waals surface area contributed by atoms with Crippen LogP contribution < -0.4 is 5.32 Å². The standard InChI is InChI=1S/C11H17FN2O/c1-4-14-11(8(2)15-3)9-5-6-13-7-10(9)12/h5-8,11,14H,4H2,1-3H3. The van der Waals surface area contributed by atoms with E-state index in [9.17, 15) is 4.39 Å². The maximum Gasteiger partial charge on any atom is 0.146 e. The summed E-state index contributed by atoms with van der Waals surface area (Å²) in [5.74, 6) is -0.299. The zero-order chi connectivity index (χ0) is 11.3. The van der Waals surface area contributed by atoms with Crippen molar-refractivity contribution < 1.29 is 9.13 Å². The van der Waals surface area contributed by atoms with E-state index in [0.717, 1.165) is 6.54 Å². The summed E-state index contributed by atoms with van der Waals surface area (Å²) in [6.45, 7) is 4.65. The zero-order valence-electron chi connectivity index (χ0n) is 9.33. The van der Waals surface area contributed by atoms with E-state index in [1.165, 1.54) is 6.20 Å². The fraction of sp³-hybridized carbons (Fsp3) is 0.545. The third-order valence-corrected chi connectivity index (χ3v) is 2.40. The minimum absolute atomic E-state index is 0.0816. The third-order valence-electron chi connectivity index (χ3n) is 2.40. The Labute approximate surface area is 89.7 Å². The van der Waals surface area contributed by atoms with E-state index in [1.807, 2.05) is 13.8 Å². The van der Waals surface area contributed by atoms with Crippen molar-refractivity contribution in [1.29, 1.82) is 0 Å². The molecule has 0 aliphatic heterocycles. The van der Waals surface area contributed by atoms with E-state index in [0.29, 0.717) is 5.56 Å². The quantitative estimate of drug-likeness (QED) is 0.809. The van der Waals surface area contributed by atoms with Gasteiger partial charge in [-0.05, 0) is 19.5 Å². The predicted octanol–water partition coefficient (Wildman–Crippen LogP) is 1.91. The Morgan fingerprint density at radius 2 is 2.33 bits per heavy atom. The van der Waals surface area contributed by atoms with Crippen LogP contribution in [0.25, 0.3) is 0 Å². The number of ether oxygens (including phenoxy) is 1. The van der Waals surface area contributed by atoms with E-state index < -0.39 is 0 Å². The minimum atomic E-state index is -0.299. The van der Waals surface area contributed by atoms with Crippen molar-refractivity contribution in [1.82, 2.24) is 10.3 Å². The normalized spacial score (nSPS) is 14.9. The van der Waals surface area contributed by atoms with Crippen LogP contribution in [0, 0.1) is 5.82 Å². The Morgan fingerprint density at radius 1 is 1.60 bits per heavy atom. The summed E-state index contributed by atoms with van der Waals surface area (Å²) in [4.78, 5) is 3.73. The molecule has 3 nitrogen and oxygen atoms in total. The molecular formula is C11H17FN2O. The van der Waals surface area contributed by atoms with Gasteiger partial charge in [0.2, 0.25) is 0 Å². The lowest BCUT2D eigenvalue weighted by molar-refractivity contribution is 0.0823. The fourth-order valence-electron chi connectivity index (χ4n) is 1.52. The van der Waals surface area contributed by atoms with Crippen molar-refractivity contribution in [3.63, 3.8) is 0 Å². The van der Waals surface area contributed by atoms with Gasteiger partial charge in [-0.1, -0.05) is 6.92 Å². The number of pyridine rings is 1. The van der Waals surface area contributed by atoms with Crippen LogP contribution >= 0.6 is 0 Å². The van der Waals surface area contributed by atoms with Crippen molar-refractivity contribution in [2.75, 3.05) is 13.7 Å². The lowest BCUT2D eigenvalue weighted by Crippen LogP contribution is -2.32. The first-order valence-corrected chi connectivity index (χ1v) is 5.06. The SMILES string of the molecule is CCNC(c1ccncc1F)C(C)OC. The van der Waals surface area contributed by atoms with E-state index in [4.69, 9.17) is 4.74 Å². The van der Waals surface area contributed by atoms with Crippen molar-refractivity contribution in [2.24, 2.45) is 0 Å². The van der Waals surface area contributed by atoms with Gasteiger partial charge in [0.25, 0.3) is 0 Å². The van der Waals surface area contributed by atoms with E-state index in [-0.39, 0.29) is 18.0 Å². The molecule has 1 aromatic rings. The van der Waals surface area contributed by atoms with Crippen LogP contribution in [-0.2, 0) is 4.74 Å².